The van der Waals surface area contributed by atoms with E-state index >= 15 is 0 Å². The molecule has 0 aromatic carbocycles. The highest BCUT2D eigenvalue weighted by molar-refractivity contribution is 9.10. The van der Waals surface area contributed by atoms with Crippen LogP contribution in [0.4, 0.5) is 5.69 Å². The SMILES string of the molecule is O=C1C=CC(=O)OC2(CNCCN2c2cncc(Br)c2)O1. The number of piperazine rings is 1. The number of hydrogen-bond donors (Lipinski definition) is 1. The van der Waals surface area contributed by atoms with Crippen LogP contribution in [0.2, 0.25) is 0 Å². The maximum Gasteiger partial charge on any atom is 0.356 e. The molecule has 0 radical (unpaired) electrons. The lowest BCUT2D eigenvalue weighted by Crippen LogP contribution is -2.65. The summed E-state index contributed by atoms with van der Waals surface area (Å²) in [5.41, 5.74) is 0.688. The number of nitrogens with one attached hydrogen (secondary N) is 1. The Morgan fingerprint density at radius 1 is 1.24 bits per heavy atom. The maximum absolute atomic E-state index is 11.7. The first-order valence-electron chi connectivity index (χ1n) is 6.32. The van der Waals surface area contributed by atoms with Gasteiger partial charge in [0, 0.05) is 35.9 Å². The molecule has 1 N–H and O–H groups in total. The molecule has 0 amide bonds. The second kappa shape index (κ2) is 5.45. The monoisotopic (exact) mass is 353 g/mol. The van der Waals surface area contributed by atoms with Crippen molar-refractivity contribution in [2.24, 2.45) is 0 Å². The number of esters is 2. The van der Waals surface area contributed by atoms with E-state index in [0.717, 1.165) is 16.6 Å². The van der Waals surface area contributed by atoms with Crippen molar-refractivity contribution in [2.75, 3.05) is 24.5 Å². The van der Waals surface area contributed by atoms with Crippen LogP contribution < -0.4 is 10.2 Å². The molecule has 1 spiro atoms. The Hall–Kier alpha value is -1.93. The van der Waals surface area contributed by atoms with Crippen LogP contribution in [0.15, 0.2) is 35.1 Å². The van der Waals surface area contributed by atoms with Crippen molar-refractivity contribution < 1.29 is 19.1 Å². The van der Waals surface area contributed by atoms with Crippen molar-refractivity contribution in [3.05, 3.63) is 35.1 Å². The Balaban J connectivity index is 2.01. The number of anilines is 1. The number of halogens is 1. The number of aromatic nitrogens is 1. The van der Waals surface area contributed by atoms with Crippen LogP contribution in [0.1, 0.15) is 0 Å². The van der Waals surface area contributed by atoms with Gasteiger partial charge in [0.15, 0.2) is 0 Å². The number of pyridine rings is 1. The fraction of sp³-hybridized carbons (Fsp3) is 0.308. The lowest BCUT2D eigenvalue weighted by Gasteiger charge is -2.44. The van der Waals surface area contributed by atoms with Crippen LogP contribution in [0.3, 0.4) is 0 Å². The predicted octanol–water partition coefficient (Wildman–Crippen LogP) is 0.564. The zero-order valence-corrected chi connectivity index (χ0v) is 12.5. The van der Waals surface area contributed by atoms with E-state index in [2.05, 4.69) is 26.2 Å². The molecule has 1 fully saturated rings. The van der Waals surface area contributed by atoms with E-state index in [1.807, 2.05) is 6.07 Å². The van der Waals surface area contributed by atoms with Crippen LogP contribution in [-0.2, 0) is 19.1 Å². The van der Waals surface area contributed by atoms with Crippen molar-refractivity contribution in [3.63, 3.8) is 0 Å². The molecular formula is C13H12BrN3O4. The third-order valence-electron chi connectivity index (χ3n) is 3.15. The standard InChI is InChI=1S/C13H12BrN3O4/c14-9-5-10(7-16-6-9)17-4-3-15-8-13(17)20-11(18)1-2-12(19)21-13/h1-2,5-7,15H,3-4,8H2. The molecule has 3 heterocycles. The lowest BCUT2D eigenvalue weighted by molar-refractivity contribution is -0.221. The summed E-state index contributed by atoms with van der Waals surface area (Å²) < 4.78 is 11.5. The van der Waals surface area contributed by atoms with E-state index < -0.39 is 17.8 Å². The maximum atomic E-state index is 11.7. The first-order valence-corrected chi connectivity index (χ1v) is 7.11. The van der Waals surface area contributed by atoms with E-state index in [9.17, 15) is 9.59 Å². The minimum atomic E-state index is -1.50. The lowest BCUT2D eigenvalue weighted by atomic mass is 10.2. The van der Waals surface area contributed by atoms with Crippen molar-refractivity contribution >= 4 is 33.6 Å². The molecule has 0 bridgehead atoms. The second-order valence-corrected chi connectivity index (χ2v) is 5.49. The van der Waals surface area contributed by atoms with Gasteiger partial charge < -0.3 is 14.8 Å². The fourth-order valence-electron chi connectivity index (χ4n) is 2.30. The van der Waals surface area contributed by atoms with E-state index in [0.29, 0.717) is 18.8 Å². The highest BCUT2D eigenvalue weighted by Gasteiger charge is 2.47. The van der Waals surface area contributed by atoms with Crippen molar-refractivity contribution in [1.29, 1.82) is 0 Å². The van der Waals surface area contributed by atoms with E-state index in [-0.39, 0.29) is 6.54 Å². The summed E-state index contributed by atoms with van der Waals surface area (Å²) in [6, 6.07) is 1.82. The van der Waals surface area contributed by atoms with Gasteiger partial charge in [-0.25, -0.2) is 9.59 Å². The van der Waals surface area contributed by atoms with Gasteiger partial charge in [-0.15, -0.1) is 0 Å². The third-order valence-corrected chi connectivity index (χ3v) is 3.58. The number of carbonyl (C=O) groups excluding carboxylic acids is 2. The first kappa shape index (κ1) is 14.0. The first-order chi connectivity index (χ1) is 10.1. The van der Waals surface area contributed by atoms with Gasteiger partial charge in [-0.3, -0.25) is 9.88 Å². The Morgan fingerprint density at radius 3 is 2.62 bits per heavy atom. The van der Waals surface area contributed by atoms with Crippen LogP contribution in [0, 0.1) is 0 Å². The number of nitrogens with zero attached hydrogens (tertiary/aromatic N) is 2. The summed E-state index contributed by atoms with van der Waals surface area (Å²) in [6.45, 7) is 1.34. The smallest absolute Gasteiger partial charge is 0.356 e. The van der Waals surface area contributed by atoms with E-state index in [1.54, 1.807) is 17.3 Å². The van der Waals surface area contributed by atoms with Crippen molar-refractivity contribution in [1.82, 2.24) is 10.3 Å². The summed E-state index contributed by atoms with van der Waals surface area (Å²) in [6.07, 6.45) is 5.38. The quantitative estimate of drug-likeness (QED) is 0.739. The average Bonchev–Trinajstić information content (AvgIpc) is 2.58. The fourth-order valence-corrected chi connectivity index (χ4v) is 2.65. The molecule has 0 saturated carbocycles. The molecule has 1 saturated heterocycles. The molecule has 0 aliphatic carbocycles. The Morgan fingerprint density at radius 2 is 1.95 bits per heavy atom. The van der Waals surface area contributed by atoms with Crippen LogP contribution in [0.25, 0.3) is 0 Å². The third kappa shape index (κ3) is 2.77. The van der Waals surface area contributed by atoms with Gasteiger partial charge in [0.2, 0.25) is 0 Å². The minimum absolute atomic E-state index is 0.179. The van der Waals surface area contributed by atoms with Gasteiger partial charge in [-0.2, -0.15) is 0 Å². The molecule has 21 heavy (non-hydrogen) atoms. The second-order valence-electron chi connectivity index (χ2n) is 4.58. The van der Waals surface area contributed by atoms with Crippen LogP contribution >= 0.6 is 15.9 Å². The largest absolute Gasteiger partial charge is 0.399 e. The number of hydrogen-bond acceptors (Lipinski definition) is 7. The van der Waals surface area contributed by atoms with Gasteiger partial charge in [0.1, 0.15) is 0 Å². The minimum Gasteiger partial charge on any atom is -0.399 e. The van der Waals surface area contributed by atoms with Gasteiger partial charge in [0.05, 0.1) is 18.4 Å². The van der Waals surface area contributed by atoms with Gasteiger partial charge >= 0.3 is 17.8 Å². The zero-order valence-electron chi connectivity index (χ0n) is 10.9. The molecule has 1 aromatic heterocycles. The summed E-state index contributed by atoms with van der Waals surface area (Å²) in [7, 11) is 0. The Kier molecular flexibility index (Phi) is 3.64. The molecule has 1 aromatic rings. The molecular weight excluding hydrogens is 342 g/mol. The highest BCUT2D eigenvalue weighted by atomic mass is 79.9. The van der Waals surface area contributed by atoms with Crippen LogP contribution in [-0.4, -0.2) is 42.5 Å². The topological polar surface area (TPSA) is 80.8 Å². The molecule has 2 aliphatic rings. The zero-order chi connectivity index (χ0) is 14.9. The molecule has 0 unspecified atom stereocenters. The molecule has 2 aliphatic heterocycles. The molecule has 110 valence electrons. The predicted molar refractivity (Wildman–Crippen MR) is 76.2 cm³/mol. The van der Waals surface area contributed by atoms with Gasteiger partial charge in [-0.05, 0) is 22.0 Å². The van der Waals surface area contributed by atoms with E-state index in [4.69, 9.17) is 9.47 Å². The normalized spacial score (nSPS) is 20.9. The molecule has 7 nitrogen and oxygen atoms in total. The average molecular weight is 354 g/mol. The van der Waals surface area contributed by atoms with Crippen molar-refractivity contribution in [3.8, 4) is 0 Å². The molecule has 0 atom stereocenters. The number of ether oxygens (including phenoxy) is 2. The summed E-state index contributed by atoms with van der Waals surface area (Å²) in [5, 5.41) is 3.07. The summed E-state index contributed by atoms with van der Waals surface area (Å²) >= 11 is 3.35. The summed E-state index contributed by atoms with van der Waals surface area (Å²) in [4.78, 5) is 29.3. The molecule has 8 heteroatoms. The summed E-state index contributed by atoms with van der Waals surface area (Å²) in [5.74, 6) is -2.76. The van der Waals surface area contributed by atoms with E-state index in [1.165, 1.54) is 0 Å². The Labute approximate surface area is 129 Å². The highest BCUT2D eigenvalue weighted by Crippen LogP contribution is 2.30. The number of carbonyl (C=O) groups is 2. The number of rotatable bonds is 1. The van der Waals surface area contributed by atoms with Gasteiger partial charge in [0.25, 0.3) is 0 Å². The van der Waals surface area contributed by atoms with Gasteiger partial charge in [-0.1, -0.05) is 0 Å². The Bertz CT molecular complexity index is 599. The molecule has 3 rings (SSSR count). The van der Waals surface area contributed by atoms with Crippen molar-refractivity contribution in [2.45, 2.75) is 5.91 Å². The van der Waals surface area contributed by atoms with Crippen LogP contribution in [0.5, 0.6) is 0 Å².